The third-order valence-electron chi connectivity index (χ3n) is 3.16. The molecule has 0 fully saturated rings. The fourth-order valence-electron chi connectivity index (χ4n) is 2.19. The van der Waals surface area contributed by atoms with Crippen LogP contribution in [0.15, 0.2) is 34.9 Å². The van der Waals surface area contributed by atoms with Crippen molar-refractivity contribution in [1.29, 1.82) is 0 Å². The van der Waals surface area contributed by atoms with Gasteiger partial charge in [-0.1, -0.05) is 0 Å². The summed E-state index contributed by atoms with van der Waals surface area (Å²) < 4.78 is 16.0. The SMILES string of the molecule is Cc1c(Br)ccc2nc(-c3ccc(F)cn3)c(C)n12. The van der Waals surface area contributed by atoms with Crippen LogP contribution < -0.4 is 0 Å². The Morgan fingerprint density at radius 2 is 1.89 bits per heavy atom. The topological polar surface area (TPSA) is 30.2 Å². The van der Waals surface area contributed by atoms with E-state index in [1.165, 1.54) is 12.3 Å². The number of pyridine rings is 2. The molecule has 3 nitrogen and oxygen atoms in total. The van der Waals surface area contributed by atoms with Gasteiger partial charge in [0.05, 0.1) is 11.9 Å². The van der Waals surface area contributed by atoms with Crippen molar-refractivity contribution in [2.24, 2.45) is 0 Å². The molecule has 0 atom stereocenters. The first-order chi connectivity index (χ1) is 9.08. The first kappa shape index (κ1) is 12.3. The first-order valence-electron chi connectivity index (χ1n) is 5.84. The molecule has 0 saturated carbocycles. The highest BCUT2D eigenvalue weighted by Gasteiger charge is 2.13. The summed E-state index contributed by atoms with van der Waals surface area (Å²) >= 11 is 3.51. The lowest BCUT2D eigenvalue weighted by Gasteiger charge is -2.04. The second-order valence-corrected chi connectivity index (χ2v) is 5.22. The molecule has 0 N–H and O–H groups in total. The zero-order chi connectivity index (χ0) is 13.6. The van der Waals surface area contributed by atoms with Crippen LogP contribution in [-0.2, 0) is 0 Å². The van der Waals surface area contributed by atoms with Crippen molar-refractivity contribution < 1.29 is 4.39 Å². The Labute approximate surface area is 118 Å². The van der Waals surface area contributed by atoms with Crippen LogP contribution in [0.25, 0.3) is 17.0 Å². The Bertz CT molecular complexity index is 762. The number of hydrogen-bond donors (Lipinski definition) is 0. The summed E-state index contributed by atoms with van der Waals surface area (Å²) in [7, 11) is 0. The van der Waals surface area contributed by atoms with Crippen molar-refractivity contribution in [2.75, 3.05) is 0 Å². The lowest BCUT2D eigenvalue weighted by molar-refractivity contribution is 0.622. The molecule has 0 spiro atoms. The van der Waals surface area contributed by atoms with Gasteiger partial charge >= 0.3 is 0 Å². The summed E-state index contributed by atoms with van der Waals surface area (Å²) in [5, 5.41) is 0. The van der Waals surface area contributed by atoms with Gasteiger partial charge in [-0.25, -0.2) is 9.37 Å². The molecule has 0 aliphatic rings. The van der Waals surface area contributed by atoms with Crippen LogP contribution >= 0.6 is 15.9 Å². The molecule has 5 heteroatoms. The van der Waals surface area contributed by atoms with Crippen LogP contribution in [0.5, 0.6) is 0 Å². The molecule has 0 aliphatic carbocycles. The second-order valence-electron chi connectivity index (χ2n) is 4.37. The zero-order valence-corrected chi connectivity index (χ0v) is 12.1. The predicted molar refractivity (Wildman–Crippen MR) is 75.6 cm³/mol. The number of imidazole rings is 1. The van der Waals surface area contributed by atoms with Crippen LogP contribution in [0.1, 0.15) is 11.4 Å². The zero-order valence-electron chi connectivity index (χ0n) is 10.5. The minimum Gasteiger partial charge on any atom is -0.300 e. The Balaban J connectivity index is 2.28. The van der Waals surface area contributed by atoms with Gasteiger partial charge in [0, 0.05) is 15.9 Å². The van der Waals surface area contributed by atoms with Gasteiger partial charge in [0.1, 0.15) is 17.2 Å². The molecular weight excluding hydrogens is 309 g/mol. The predicted octanol–water partition coefficient (Wildman–Crippen LogP) is 3.91. The van der Waals surface area contributed by atoms with Crippen LogP contribution in [0, 0.1) is 19.7 Å². The van der Waals surface area contributed by atoms with E-state index in [2.05, 4.69) is 30.3 Å². The van der Waals surface area contributed by atoms with Gasteiger partial charge in [-0.05, 0) is 54.0 Å². The normalized spacial score (nSPS) is 11.2. The van der Waals surface area contributed by atoms with E-state index >= 15 is 0 Å². The maximum absolute atomic E-state index is 12.9. The average Bonchev–Trinajstić information content (AvgIpc) is 2.73. The van der Waals surface area contributed by atoms with Crippen molar-refractivity contribution in [3.8, 4) is 11.4 Å². The fraction of sp³-hybridized carbons (Fsp3) is 0.143. The second kappa shape index (κ2) is 4.42. The number of fused-ring (bicyclic) bond motifs is 1. The maximum atomic E-state index is 12.9. The molecule has 0 radical (unpaired) electrons. The van der Waals surface area contributed by atoms with Crippen molar-refractivity contribution in [3.05, 3.63) is 52.1 Å². The van der Waals surface area contributed by atoms with E-state index in [0.29, 0.717) is 5.69 Å². The minimum atomic E-state index is -0.343. The van der Waals surface area contributed by atoms with Gasteiger partial charge in [-0.2, -0.15) is 0 Å². The van der Waals surface area contributed by atoms with Crippen LogP contribution in [0.4, 0.5) is 4.39 Å². The fourth-order valence-corrected chi connectivity index (χ4v) is 2.50. The maximum Gasteiger partial charge on any atom is 0.141 e. The van der Waals surface area contributed by atoms with Gasteiger partial charge in [0.25, 0.3) is 0 Å². The van der Waals surface area contributed by atoms with Crippen molar-refractivity contribution in [3.63, 3.8) is 0 Å². The Morgan fingerprint density at radius 3 is 2.58 bits per heavy atom. The number of rotatable bonds is 1. The number of aromatic nitrogens is 3. The van der Waals surface area contributed by atoms with E-state index in [4.69, 9.17) is 0 Å². The van der Waals surface area contributed by atoms with E-state index < -0.39 is 0 Å². The molecule has 96 valence electrons. The molecule has 0 saturated heterocycles. The summed E-state index contributed by atoms with van der Waals surface area (Å²) in [6.45, 7) is 4.01. The van der Waals surface area contributed by atoms with Gasteiger partial charge in [0.15, 0.2) is 0 Å². The number of aryl methyl sites for hydroxylation is 2. The molecule has 3 aromatic heterocycles. The van der Waals surface area contributed by atoms with E-state index in [1.54, 1.807) is 6.07 Å². The third kappa shape index (κ3) is 1.94. The summed E-state index contributed by atoms with van der Waals surface area (Å²) in [5.74, 6) is -0.343. The minimum absolute atomic E-state index is 0.343. The summed E-state index contributed by atoms with van der Waals surface area (Å²) in [4.78, 5) is 8.67. The molecule has 3 aromatic rings. The highest BCUT2D eigenvalue weighted by molar-refractivity contribution is 9.10. The molecule has 0 aromatic carbocycles. The van der Waals surface area contributed by atoms with E-state index in [9.17, 15) is 4.39 Å². The van der Waals surface area contributed by atoms with Crippen LogP contribution in [0.2, 0.25) is 0 Å². The highest BCUT2D eigenvalue weighted by atomic mass is 79.9. The molecule has 3 rings (SSSR count). The standard InChI is InChI=1S/C14H11BrFN3/c1-8-11(15)4-6-13-18-14(9(2)19(8)13)12-5-3-10(16)7-17-12/h3-7H,1-2H3. The van der Waals surface area contributed by atoms with E-state index in [0.717, 1.165) is 27.2 Å². The summed E-state index contributed by atoms with van der Waals surface area (Å²) in [5.41, 5.74) is 4.39. The Morgan fingerprint density at radius 1 is 1.11 bits per heavy atom. The smallest absolute Gasteiger partial charge is 0.141 e. The summed E-state index contributed by atoms with van der Waals surface area (Å²) in [6.07, 6.45) is 1.21. The molecule has 0 amide bonds. The lowest BCUT2D eigenvalue weighted by Crippen LogP contribution is -1.94. The largest absolute Gasteiger partial charge is 0.300 e. The van der Waals surface area contributed by atoms with Gasteiger partial charge in [-0.15, -0.1) is 0 Å². The quantitative estimate of drug-likeness (QED) is 0.680. The number of nitrogens with zero attached hydrogens (tertiary/aromatic N) is 3. The molecule has 3 heterocycles. The Kier molecular flexibility index (Phi) is 2.86. The lowest BCUT2D eigenvalue weighted by atomic mass is 10.2. The number of hydrogen-bond acceptors (Lipinski definition) is 2. The highest BCUT2D eigenvalue weighted by Crippen LogP contribution is 2.26. The van der Waals surface area contributed by atoms with Crippen LogP contribution in [0.3, 0.4) is 0 Å². The molecular formula is C14H11BrFN3. The van der Waals surface area contributed by atoms with Crippen molar-refractivity contribution in [1.82, 2.24) is 14.4 Å². The molecule has 0 bridgehead atoms. The average molecular weight is 320 g/mol. The van der Waals surface area contributed by atoms with Crippen molar-refractivity contribution in [2.45, 2.75) is 13.8 Å². The van der Waals surface area contributed by atoms with Crippen LogP contribution in [-0.4, -0.2) is 14.4 Å². The van der Waals surface area contributed by atoms with E-state index in [1.807, 2.05) is 26.0 Å². The molecule has 0 unspecified atom stereocenters. The van der Waals surface area contributed by atoms with Gasteiger partial charge in [0.2, 0.25) is 0 Å². The molecule has 0 aliphatic heterocycles. The molecule has 19 heavy (non-hydrogen) atoms. The first-order valence-corrected chi connectivity index (χ1v) is 6.63. The summed E-state index contributed by atoms with van der Waals surface area (Å²) in [6, 6.07) is 6.96. The van der Waals surface area contributed by atoms with Gasteiger partial charge < -0.3 is 0 Å². The van der Waals surface area contributed by atoms with Gasteiger partial charge in [-0.3, -0.25) is 9.38 Å². The monoisotopic (exact) mass is 319 g/mol. The Hall–Kier alpha value is -1.75. The van der Waals surface area contributed by atoms with Crippen molar-refractivity contribution >= 4 is 21.6 Å². The third-order valence-corrected chi connectivity index (χ3v) is 4.00. The van der Waals surface area contributed by atoms with E-state index in [-0.39, 0.29) is 5.82 Å². The number of halogens is 2.